The molecule has 0 bridgehead atoms. The summed E-state index contributed by atoms with van der Waals surface area (Å²) < 4.78 is 5.11. The summed E-state index contributed by atoms with van der Waals surface area (Å²) in [5, 5.41) is 27.1. The van der Waals surface area contributed by atoms with Gasteiger partial charge in [-0.2, -0.15) is 0 Å². The van der Waals surface area contributed by atoms with E-state index in [9.17, 15) is 10.2 Å². The van der Waals surface area contributed by atoms with Crippen molar-refractivity contribution in [3.63, 3.8) is 0 Å². The highest BCUT2D eigenvalue weighted by Gasteiger charge is 2.32. The van der Waals surface area contributed by atoms with Gasteiger partial charge in [-0.1, -0.05) is 0 Å². The molecule has 1 rings (SSSR count). The molecule has 3 unspecified atom stereocenters. The standard InChI is InChI=1S/C7H14O4/c1-4-5(9)2-6(10)7(3-8)11-4/h4-10H,2-3H2,1H3/t4?,5?,6?,7-/m1/s1. The SMILES string of the molecule is CC1O[C@H](CO)C(O)CC1O. The lowest BCUT2D eigenvalue weighted by Gasteiger charge is -2.34. The Labute approximate surface area is 65.4 Å². The molecule has 0 aromatic carbocycles. The van der Waals surface area contributed by atoms with Gasteiger partial charge in [0.05, 0.1) is 24.9 Å². The van der Waals surface area contributed by atoms with Crippen molar-refractivity contribution in [1.82, 2.24) is 0 Å². The topological polar surface area (TPSA) is 69.9 Å². The van der Waals surface area contributed by atoms with Crippen LogP contribution in [0.5, 0.6) is 0 Å². The zero-order valence-corrected chi connectivity index (χ0v) is 6.47. The molecule has 0 radical (unpaired) electrons. The van der Waals surface area contributed by atoms with E-state index >= 15 is 0 Å². The molecule has 66 valence electrons. The first kappa shape index (κ1) is 8.93. The third kappa shape index (κ3) is 1.90. The fraction of sp³-hybridized carbons (Fsp3) is 1.00. The van der Waals surface area contributed by atoms with E-state index in [1.54, 1.807) is 6.92 Å². The molecule has 1 aliphatic rings. The lowest BCUT2D eigenvalue weighted by atomic mass is 10.00. The molecule has 4 heteroatoms. The third-order valence-corrected chi connectivity index (χ3v) is 2.02. The first-order chi connectivity index (χ1) is 5.15. The van der Waals surface area contributed by atoms with Crippen LogP contribution in [-0.4, -0.2) is 46.3 Å². The van der Waals surface area contributed by atoms with E-state index in [0.29, 0.717) is 0 Å². The second-order valence-corrected chi connectivity index (χ2v) is 2.93. The van der Waals surface area contributed by atoms with Crippen molar-refractivity contribution < 1.29 is 20.1 Å². The summed E-state index contributed by atoms with van der Waals surface area (Å²) in [6, 6.07) is 0. The van der Waals surface area contributed by atoms with Gasteiger partial charge in [-0.15, -0.1) is 0 Å². The first-order valence-corrected chi connectivity index (χ1v) is 3.77. The molecule has 0 saturated carbocycles. The Balaban J connectivity index is 2.48. The third-order valence-electron chi connectivity index (χ3n) is 2.02. The van der Waals surface area contributed by atoms with Crippen LogP contribution in [0.2, 0.25) is 0 Å². The summed E-state index contributed by atoms with van der Waals surface area (Å²) in [6.45, 7) is 1.53. The van der Waals surface area contributed by atoms with Crippen molar-refractivity contribution >= 4 is 0 Å². The Bertz CT molecular complexity index is 128. The normalized spacial score (nSPS) is 45.8. The molecular formula is C7H14O4. The van der Waals surface area contributed by atoms with Gasteiger partial charge in [0.2, 0.25) is 0 Å². The minimum Gasteiger partial charge on any atom is -0.394 e. The molecule has 4 atom stereocenters. The average molecular weight is 162 g/mol. The maximum Gasteiger partial charge on any atom is 0.107 e. The molecule has 1 fully saturated rings. The molecule has 4 nitrogen and oxygen atoms in total. The second kappa shape index (κ2) is 3.49. The predicted molar refractivity (Wildman–Crippen MR) is 38.1 cm³/mol. The number of hydrogen-bond donors (Lipinski definition) is 3. The molecule has 11 heavy (non-hydrogen) atoms. The van der Waals surface area contributed by atoms with Gasteiger partial charge >= 0.3 is 0 Å². The second-order valence-electron chi connectivity index (χ2n) is 2.93. The van der Waals surface area contributed by atoms with E-state index in [1.165, 1.54) is 0 Å². The van der Waals surface area contributed by atoms with E-state index in [4.69, 9.17) is 9.84 Å². The maximum absolute atomic E-state index is 9.21. The van der Waals surface area contributed by atoms with Crippen molar-refractivity contribution in [3.05, 3.63) is 0 Å². The highest BCUT2D eigenvalue weighted by molar-refractivity contribution is 4.81. The monoisotopic (exact) mass is 162 g/mol. The smallest absolute Gasteiger partial charge is 0.107 e. The molecule has 0 aromatic rings. The number of rotatable bonds is 1. The Morgan fingerprint density at radius 1 is 1.36 bits per heavy atom. The summed E-state index contributed by atoms with van der Waals surface area (Å²) >= 11 is 0. The number of aliphatic hydroxyl groups is 3. The average Bonchev–Trinajstić information content (AvgIpc) is 1.97. The molecule has 0 aliphatic carbocycles. The van der Waals surface area contributed by atoms with E-state index in [0.717, 1.165) is 0 Å². The van der Waals surface area contributed by atoms with E-state index in [2.05, 4.69) is 0 Å². The van der Waals surface area contributed by atoms with Crippen LogP contribution in [0.1, 0.15) is 13.3 Å². The molecule has 1 heterocycles. The minimum atomic E-state index is -0.744. The minimum absolute atomic E-state index is 0.196. The summed E-state index contributed by atoms with van der Waals surface area (Å²) in [5.41, 5.74) is 0. The van der Waals surface area contributed by atoms with Gasteiger partial charge in [0, 0.05) is 6.42 Å². The predicted octanol–water partition coefficient (Wildman–Crippen LogP) is -1.12. The molecule has 1 saturated heterocycles. The van der Waals surface area contributed by atoms with Gasteiger partial charge in [0.1, 0.15) is 6.10 Å². The molecule has 3 N–H and O–H groups in total. The van der Waals surface area contributed by atoms with Crippen LogP contribution < -0.4 is 0 Å². The van der Waals surface area contributed by atoms with Crippen molar-refractivity contribution in [3.8, 4) is 0 Å². The highest BCUT2D eigenvalue weighted by atomic mass is 16.5. The summed E-state index contributed by atoms with van der Waals surface area (Å²) in [7, 11) is 0. The number of ether oxygens (including phenoxy) is 1. The molecule has 0 amide bonds. The van der Waals surface area contributed by atoms with Crippen molar-refractivity contribution in [1.29, 1.82) is 0 Å². The number of hydrogen-bond acceptors (Lipinski definition) is 4. The van der Waals surface area contributed by atoms with Crippen LogP contribution >= 0.6 is 0 Å². The fourth-order valence-electron chi connectivity index (χ4n) is 1.21. The Morgan fingerprint density at radius 3 is 2.55 bits per heavy atom. The summed E-state index contributed by atoms with van der Waals surface area (Å²) in [4.78, 5) is 0. The molecule has 0 aromatic heterocycles. The van der Waals surface area contributed by atoms with Crippen molar-refractivity contribution in [2.75, 3.05) is 6.61 Å². The lowest BCUT2D eigenvalue weighted by Crippen LogP contribution is -2.47. The van der Waals surface area contributed by atoms with Crippen LogP contribution in [0.4, 0.5) is 0 Å². The van der Waals surface area contributed by atoms with E-state index in [1.807, 2.05) is 0 Å². The molecule has 1 aliphatic heterocycles. The highest BCUT2D eigenvalue weighted by Crippen LogP contribution is 2.19. The zero-order chi connectivity index (χ0) is 8.43. The van der Waals surface area contributed by atoms with Crippen LogP contribution in [0.15, 0.2) is 0 Å². The molecular weight excluding hydrogens is 148 g/mol. The quantitative estimate of drug-likeness (QED) is 0.456. The van der Waals surface area contributed by atoms with Crippen LogP contribution in [0, 0.1) is 0 Å². The Hall–Kier alpha value is -0.160. The van der Waals surface area contributed by atoms with E-state index in [-0.39, 0.29) is 19.1 Å². The van der Waals surface area contributed by atoms with Gasteiger partial charge in [0.15, 0.2) is 0 Å². The van der Waals surface area contributed by atoms with Gasteiger partial charge < -0.3 is 20.1 Å². The van der Waals surface area contributed by atoms with E-state index < -0.39 is 18.3 Å². The van der Waals surface area contributed by atoms with Gasteiger partial charge in [-0.25, -0.2) is 0 Å². The fourth-order valence-corrected chi connectivity index (χ4v) is 1.21. The molecule has 0 spiro atoms. The van der Waals surface area contributed by atoms with Crippen LogP contribution in [0.3, 0.4) is 0 Å². The van der Waals surface area contributed by atoms with Gasteiger partial charge in [0.25, 0.3) is 0 Å². The van der Waals surface area contributed by atoms with Gasteiger partial charge in [-0.3, -0.25) is 0 Å². The lowest BCUT2D eigenvalue weighted by molar-refractivity contribution is -0.173. The Morgan fingerprint density at radius 2 is 2.00 bits per heavy atom. The van der Waals surface area contributed by atoms with Crippen molar-refractivity contribution in [2.24, 2.45) is 0 Å². The number of aliphatic hydroxyl groups excluding tert-OH is 3. The van der Waals surface area contributed by atoms with Gasteiger partial charge in [-0.05, 0) is 6.92 Å². The zero-order valence-electron chi connectivity index (χ0n) is 6.47. The van der Waals surface area contributed by atoms with Crippen molar-refractivity contribution in [2.45, 2.75) is 37.8 Å². The Kier molecular flexibility index (Phi) is 2.84. The van der Waals surface area contributed by atoms with Crippen LogP contribution in [-0.2, 0) is 4.74 Å². The summed E-state index contributed by atoms with van der Waals surface area (Å²) in [6.07, 6.45) is -1.91. The largest absolute Gasteiger partial charge is 0.394 e. The van der Waals surface area contributed by atoms with Crippen LogP contribution in [0.25, 0.3) is 0 Å². The first-order valence-electron chi connectivity index (χ1n) is 3.77. The summed E-state index contributed by atoms with van der Waals surface area (Å²) in [5.74, 6) is 0. The maximum atomic E-state index is 9.21.